The van der Waals surface area contributed by atoms with Crippen LogP contribution in [0.15, 0.2) is 28.9 Å². The second kappa shape index (κ2) is 11.1. The van der Waals surface area contributed by atoms with Gasteiger partial charge in [0.25, 0.3) is 0 Å². The maximum absolute atomic E-state index is 11.0. The molecule has 0 radical (unpaired) electrons. The minimum Gasteiger partial charge on any atom is -0.334 e. The van der Waals surface area contributed by atoms with Crippen molar-refractivity contribution in [2.24, 2.45) is 4.99 Å². The Bertz CT molecular complexity index is 291. The van der Waals surface area contributed by atoms with E-state index in [0.717, 1.165) is 11.1 Å². The summed E-state index contributed by atoms with van der Waals surface area (Å²) in [7, 11) is 0. The molecule has 1 aliphatic rings. The summed E-state index contributed by atoms with van der Waals surface area (Å²) in [5.41, 5.74) is 2.04. The van der Waals surface area contributed by atoms with E-state index in [4.69, 9.17) is 0 Å². The largest absolute Gasteiger partial charge is 0.334 e. The SMILES string of the molecule is C=C1CN(C(C)=O)C/C1=C/N=CC.CC.CC. The van der Waals surface area contributed by atoms with Crippen molar-refractivity contribution in [2.45, 2.75) is 41.5 Å². The second-order valence-electron chi connectivity index (χ2n) is 3.04. The van der Waals surface area contributed by atoms with Gasteiger partial charge in [0, 0.05) is 32.4 Å². The molecule has 98 valence electrons. The van der Waals surface area contributed by atoms with Gasteiger partial charge >= 0.3 is 0 Å². The van der Waals surface area contributed by atoms with Crippen molar-refractivity contribution in [1.82, 2.24) is 4.90 Å². The minimum absolute atomic E-state index is 0.0880. The van der Waals surface area contributed by atoms with E-state index < -0.39 is 0 Å². The summed E-state index contributed by atoms with van der Waals surface area (Å²) in [4.78, 5) is 16.8. The summed E-state index contributed by atoms with van der Waals surface area (Å²) in [6, 6.07) is 0. The first kappa shape index (κ1) is 18.0. The Hall–Kier alpha value is -1.38. The number of hydrogen-bond acceptors (Lipinski definition) is 2. The lowest BCUT2D eigenvalue weighted by Crippen LogP contribution is -2.24. The van der Waals surface area contributed by atoms with Crippen molar-refractivity contribution in [3.05, 3.63) is 23.9 Å². The molecule has 1 amide bonds. The van der Waals surface area contributed by atoms with Crippen LogP contribution in [0.2, 0.25) is 0 Å². The number of amides is 1. The number of rotatable bonds is 1. The van der Waals surface area contributed by atoms with E-state index in [2.05, 4.69) is 11.6 Å². The van der Waals surface area contributed by atoms with Crippen LogP contribution in [0, 0.1) is 0 Å². The van der Waals surface area contributed by atoms with E-state index in [1.54, 1.807) is 24.2 Å². The Morgan fingerprint density at radius 3 is 2.18 bits per heavy atom. The minimum atomic E-state index is 0.0880. The maximum atomic E-state index is 11.0. The highest BCUT2D eigenvalue weighted by atomic mass is 16.2. The first-order valence-corrected chi connectivity index (χ1v) is 6.25. The molecule has 0 atom stereocenters. The molecule has 3 heteroatoms. The Balaban J connectivity index is 0. The molecule has 0 spiro atoms. The number of hydrogen-bond donors (Lipinski definition) is 0. The van der Waals surface area contributed by atoms with Crippen LogP contribution >= 0.6 is 0 Å². The Morgan fingerprint density at radius 2 is 1.82 bits per heavy atom. The summed E-state index contributed by atoms with van der Waals surface area (Å²) in [5, 5.41) is 0. The van der Waals surface area contributed by atoms with E-state index in [1.165, 1.54) is 0 Å². The van der Waals surface area contributed by atoms with Crippen LogP contribution in [0.4, 0.5) is 0 Å². The molecular formula is C14H26N2O. The average Bonchev–Trinajstić information content (AvgIpc) is 2.73. The number of carbonyl (C=O) groups excluding carboxylic acids is 1. The molecule has 0 N–H and O–H groups in total. The van der Waals surface area contributed by atoms with Crippen molar-refractivity contribution in [3.63, 3.8) is 0 Å². The zero-order chi connectivity index (χ0) is 13.8. The molecule has 17 heavy (non-hydrogen) atoms. The number of likely N-dealkylation sites (tertiary alicyclic amines) is 1. The molecular weight excluding hydrogens is 212 g/mol. The summed E-state index contributed by atoms with van der Waals surface area (Å²) < 4.78 is 0. The van der Waals surface area contributed by atoms with Gasteiger partial charge in [0.15, 0.2) is 0 Å². The fourth-order valence-electron chi connectivity index (χ4n) is 1.22. The van der Waals surface area contributed by atoms with Crippen molar-refractivity contribution >= 4 is 12.1 Å². The third-order valence-electron chi connectivity index (χ3n) is 2.02. The summed E-state index contributed by atoms with van der Waals surface area (Å²) in [6.07, 6.45) is 3.49. The molecule has 1 rings (SSSR count). The smallest absolute Gasteiger partial charge is 0.220 e. The van der Waals surface area contributed by atoms with Crippen LogP contribution in [0.5, 0.6) is 0 Å². The third-order valence-corrected chi connectivity index (χ3v) is 2.02. The van der Waals surface area contributed by atoms with Gasteiger partial charge in [-0.05, 0) is 18.1 Å². The van der Waals surface area contributed by atoms with Crippen LogP contribution in [-0.4, -0.2) is 30.1 Å². The highest BCUT2D eigenvalue weighted by molar-refractivity contribution is 5.75. The van der Waals surface area contributed by atoms with E-state index in [9.17, 15) is 4.79 Å². The number of carbonyl (C=O) groups is 1. The molecule has 0 unspecified atom stereocenters. The third kappa shape index (κ3) is 6.72. The highest BCUT2D eigenvalue weighted by Gasteiger charge is 2.21. The van der Waals surface area contributed by atoms with Crippen LogP contribution in [0.3, 0.4) is 0 Å². The Morgan fingerprint density at radius 1 is 1.29 bits per heavy atom. The summed E-state index contributed by atoms with van der Waals surface area (Å²) in [6.45, 7) is 16.6. The van der Waals surface area contributed by atoms with Gasteiger partial charge in [-0.3, -0.25) is 9.79 Å². The first-order chi connectivity index (χ1) is 8.15. The zero-order valence-electron chi connectivity index (χ0n) is 12.1. The standard InChI is InChI=1S/C10H14N2O.2C2H6/c1-4-11-5-10-7-12(9(3)13)6-8(10)2;2*1-2/h4-5H,2,6-7H2,1,3H3;2*1-2H3/b10-5-,11-4?;;. The predicted molar refractivity (Wildman–Crippen MR) is 76.3 cm³/mol. The summed E-state index contributed by atoms with van der Waals surface area (Å²) in [5.74, 6) is 0.0880. The molecule has 0 bridgehead atoms. The van der Waals surface area contributed by atoms with Crippen molar-refractivity contribution in [2.75, 3.05) is 13.1 Å². The molecule has 1 aliphatic heterocycles. The molecule has 0 aliphatic carbocycles. The van der Waals surface area contributed by atoms with Crippen molar-refractivity contribution in [3.8, 4) is 0 Å². The maximum Gasteiger partial charge on any atom is 0.220 e. The first-order valence-electron chi connectivity index (χ1n) is 6.25. The zero-order valence-corrected chi connectivity index (χ0v) is 12.1. The van der Waals surface area contributed by atoms with Gasteiger partial charge in [-0.25, -0.2) is 0 Å². The fraction of sp³-hybridized carbons (Fsp3) is 0.571. The Labute approximate surface area is 106 Å². The molecule has 0 aromatic heterocycles. The average molecular weight is 238 g/mol. The van der Waals surface area contributed by atoms with Gasteiger partial charge < -0.3 is 4.90 Å². The monoisotopic (exact) mass is 238 g/mol. The van der Waals surface area contributed by atoms with E-state index >= 15 is 0 Å². The normalized spacial score (nSPS) is 16.5. The van der Waals surface area contributed by atoms with Crippen LogP contribution in [-0.2, 0) is 4.79 Å². The van der Waals surface area contributed by atoms with Crippen LogP contribution < -0.4 is 0 Å². The lowest BCUT2D eigenvalue weighted by molar-refractivity contribution is -0.127. The van der Waals surface area contributed by atoms with Crippen molar-refractivity contribution in [1.29, 1.82) is 0 Å². The topological polar surface area (TPSA) is 32.7 Å². The molecule has 1 fully saturated rings. The fourth-order valence-corrected chi connectivity index (χ4v) is 1.22. The lowest BCUT2D eigenvalue weighted by atomic mass is 10.2. The molecule has 0 aromatic rings. The van der Waals surface area contributed by atoms with E-state index in [0.29, 0.717) is 13.1 Å². The molecule has 0 aromatic carbocycles. The van der Waals surface area contributed by atoms with Gasteiger partial charge in [-0.1, -0.05) is 34.3 Å². The highest BCUT2D eigenvalue weighted by Crippen LogP contribution is 2.19. The summed E-state index contributed by atoms with van der Waals surface area (Å²) >= 11 is 0. The van der Waals surface area contributed by atoms with E-state index in [1.807, 2.05) is 34.6 Å². The van der Waals surface area contributed by atoms with Crippen LogP contribution in [0.1, 0.15) is 41.5 Å². The molecule has 0 saturated carbocycles. The van der Waals surface area contributed by atoms with Gasteiger partial charge in [0.1, 0.15) is 0 Å². The van der Waals surface area contributed by atoms with Crippen LogP contribution in [0.25, 0.3) is 0 Å². The number of aliphatic imine (C=N–C) groups is 1. The van der Waals surface area contributed by atoms with E-state index in [-0.39, 0.29) is 5.91 Å². The number of nitrogens with zero attached hydrogens (tertiary/aromatic N) is 2. The quantitative estimate of drug-likeness (QED) is 0.644. The molecule has 1 heterocycles. The van der Waals surface area contributed by atoms with Gasteiger partial charge in [0.2, 0.25) is 5.91 Å². The predicted octanol–water partition coefficient (Wildman–Crippen LogP) is 3.43. The Kier molecular flexibility index (Phi) is 11.8. The molecule has 3 nitrogen and oxygen atoms in total. The van der Waals surface area contributed by atoms with Gasteiger partial charge in [-0.2, -0.15) is 0 Å². The second-order valence-corrected chi connectivity index (χ2v) is 3.04. The van der Waals surface area contributed by atoms with Crippen molar-refractivity contribution < 1.29 is 4.79 Å². The molecule has 1 saturated heterocycles. The van der Waals surface area contributed by atoms with Gasteiger partial charge in [0.05, 0.1) is 0 Å². The lowest BCUT2D eigenvalue weighted by Gasteiger charge is -2.09. The van der Waals surface area contributed by atoms with Gasteiger partial charge in [-0.15, -0.1) is 0 Å².